The minimum atomic E-state index is -2.05. The van der Waals surface area contributed by atoms with Crippen molar-refractivity contribution in [1.82, 2.24) is 0 Å². The molecule has 0 N–H and O–H groups in total. The van der Waals surface area contributed by atoms with E-state index >= 15 is 0 Å². The Morgan fingerprint density at radius 2 is 2.00 bits per heavy atom. The lowest BCUT2D eigenvalue weighted by molar-refractivity contribution is 0.554. The number of hydrogen-bond acceptors (Lipinski definition) is 2. The van der Waals surface area contributed by atoms with Crippen molar-refractivity contribution >= 4 is 24.3 Å². The zero-order chi connectivity index (χ0) is 3.58. The Balaban J connectivity index is 2.80. The summed E-state index contributed by atoms with van der Waals surface area (Å²) in [6, 6.07) is 0. The van der Waals surface area contributed by atoms with Crippen LogP contribution >= 0.6 is 14.8 Å². The molecule has 0 radical (unpaired) electrons. The highest BCUT2D eigenvalue weighted by Crippen LogP contribution is 1.78. The predicted molar refractivity (Wildman–Crippen MR) is 17.8 cm³/mol. The Kier molecular flexibility index (Phi) is 2.14. The van der Waals surface area contributed by atoms with Gasteiger partial charge in [-0.25, -0.2) is 0 Å². The van der Waals surface area contributed by atoms with Crippen molar-refractivity contribution in [3.05, 3.63) is 0 Å². The molecule has 1 atom stereocenters. The molecule has 26 valence electrons. The molecular weight excluding hydrogens is 144 g/mol. The molecule has 0 fully saturated rings. The lowest BCUT2D eigenvalue weighted by Gasteiger charge is -1.81. The summed E-state index contributed by atoms with van der Waals surface area (Å²) in [7, 11) is -2.05. The third kappa shape index (κ3) is 18.8. The summed E-state index contributed by atoms with van der Waals surface area (Å²) in [5, 5.41) is 0. The second-order valence-electron chi connectivity index (χ2n) is 0.194. The quantitative estimate of drug-likeness (QED) is 0.359. The summed E-state index contributed by atoms with van der Waals surface area (Å²) < 4.78 is 17.8. The van der Waals surface area contributed by atoms with Gasteiger partial charge in [-0.3, -0.25) is 4.21 Å². The average molecular weight is 144 g/mol. The molecule has 0 aliphatic rings. The highest BCUT2D eigenvalue weighted by molar-refractivity contribution is 9.45. The second-order valence-corrected chi connectivity index (χ2v) is 2.17. The maximum absolute atomic E-state index is 8.92. The monoisotopic (exact) mass is 143 g/mol. The van der Waals surface area contributed by atoms with Gasteiger partial charge in [0.2, 0.25) is 0 Å². The van der Waals surface area contributed by atoms with E-state index in [0.717, 1.165) is 0 Å². The molecule has 0 aromatic heterocycles. The van der Waals surface area contributed by atoms with Crippen LogP contribution in [0.4, 0.5) is 0 Å². The van der Waals surface area contributed by atoms with E-state index in [4.69, 9.17) is 8.76 Å². The molecule has 0 aromatic rings. The van der Waals surface area contributed by atoms with Crippen LogP contribution in [0, 0.1) is 0 Å². The van der Waals surface area contributed by atoms with Crippen LogP contribution in [0.2, 0.25) is 0 Å². The van der Waals surface area contributed by atoms with Gasteiger partial charge in [0.15, 0.2) is 0 Å². The van der Waals surface area contributed by atoms with Gasteiger partial charge in [0.25, 0.3) is 0 Å². The molecule has 0 rings (SSSR count). The summed E-state index contributed by atoms with van der Waals surface area (Å²) in [4.78, 5) is 0. The van der Waals surface area contributed by atoms with Crippen LogP contribution in [0.25, 0.3) is 0 Å². The van der Waals surface area contributed by atoms with Gasteiger partial charge >= 0.3 is 0 Å². The molecule has 1 unspecified atom stereocenters. The molecule has 4 heavy (non-hydrogen) atoms. The zero-order valence-electron chi connectivity index (χ0n) is 1.60. The normalized spacial score (nSPS) is 15.5. The first kappa shape index (κ1) is 4.59. The van der Waals surface area contributed by atoms with Crippen molar-refractivity contribution in [3.63, 3.8) is 0 Å². The fraction of sp³-hybridized carbons (Fsp3) is 0. The Morgan fingerprint density at radius 3 is 2.00 bits per heavy atom. The van der Waals surface area contributed by atoms with Gasteiger partial charge < -0.3 is 4.55 Å². The van der Waals surface area contributed by atoms with Crippen LogP contribution in [0.5, 0.6) is 0 Å². The van der Waals surface area contributed by atoms with Crippen molar-refractivity contribution in [2.75, 3.05) is 0 Å². The van der Waals surface area contributed by atoms with Gasteiger partial charge in [-0.15, -0.1) is 0 Å². The molecule has 0 aliphatic carbocycles. The molecular formula is BrO2S-. The Hall–Kier alpha value is 0.590. The van der Waals surface area contributed by atoms with E-state index in [-0.39, 0.29) is 0 Å². The fourth-order valence-corrected chi connectivity index (χ4v) is 0. The zero-order valence-corrected chi connectivity index (χ0v) is 4.01. The van der Waals surface area contributed by atoms with Crippen molar-refractivity contribution in [1.29, 1.82) is 0 Å². The summed E-state index contributed by atoms with van der Waals surface area (Å²) in [5.41, 5.74) is 0. The van der Waals surface area contributed by atoms with Gasteiger partial charge in [0.05, 0.1) is 0 Å². The van der Waals surface area contributed by atoms with Crippen LogP contribution in [-0.4, -0.2) is 8.76 Å². The maximum Gasteiger partial charge on any atom is 0.0168 e. The van der Waals surface area contributed by atoms with Gasteiger partial charge in [-0.05, 0) is 0 Å². The third-order valence-corrected chi connectivity index (χ3v) is 0. The van der Waals surface area contributed by atoms with E-state index in [1.807, 2.05) is 0 Å². The first-order valence-electron chi connectivity index (χ1n) is 0.488. The molecule has 0 saturated heterocycles. The van der Waals surface area contributed by atoms with Crippen molar-refractivity contribution in [3.8, 4) is 0 Å². The SMILES string of the molecule is O=S([O-])Br. The lowest BCUT2D eigenvalue weighted by atomic mass is 15.9. The van der Waals surface area contributed by atoms with Crippen molar-refractivity contribution in [2.45, 2.75) is 0 Å². The minimum absolute atomic E-state index is 2.05. The van der Waals surface area contributed by atoms with Gasteiger partial charge in [-0.1, -0.05) is 0 Å². The van der Waals surface area contributed by atoms with Crippen LogP contribution in [0.1, 0.15) is 0 Å². The minimum Gasteiger partial charge on any atom is -0.763 e. The molecule has 2 nitrogen and oxygen atoms in total. The van der Waals surface area contributed by atoms with Gasteiger partial charge in [-0.2, -0.15) is 0 Å². The number of rotatable bonds is 0. The highest BCUT2D eigenvalue weighted by atomic mass is 79.9. The Bertz CT molecular complexity index is 29.0. The van der Waals surface area contributed by atoms with Crippen molar-refractivity contribution in [2.24, 2.45) is 0 Å². The molecule has 0 bridgehead atoms. The van der Waals surface area contributed by atoms with E-state index in [2.05, 4.69) is 14.8 Å². The molecule has 0 spiro atoms. The van der Waals surface area contributed by atoms with Gasteiger partial charge in [0, 0.05) is 24.3 Å². The standard InChI is InChI=1S/BrHO2S/c1-4(2)3/h(H,2,3)/p-1. The summed E-state index contributed by atoms with van der Waals surface area (Å²) in [6.07, 6.45) is 0. The predicted octanol–water partition coefficient (Wildman–Crippen LogP) is 0.175. The van der Waals surface area contributed by atoms with Crippen LogP contribution in [0.15, 0.2) is 0 Å². The van der Waals surface area contributed by atoms with E-state index in [1.165, 1.54) is 0 Å². The van der Waals surface area contributed by atoms with Crippen LogP contribution < -0.4 is 0 Å². The largest absolute Gasteiger partial charge is 0.763 e. The van der Waals surface area contributed by atoms with E-state index in [9.17, 15) is 0 Å². The Morgan fingerprint density at radius 1 is 2.00 bits per heavy atom. The molecule has 0 aliphatic heterocycles. The fourth-order valence-electron chi connectivity index (χ4n) is 0. The van der Waals surface area contributed by atoms with Crippen LogP contribution in [-0.2, 0) is 9.51 Å². The van der Waals surface area contributed by atoms with Crippen molar-refractivity contribution < 1.29 is 8.76 Å². The Labute approximate surface area is 33.7 Å². The first-order chi connectivity index (χ1) is 1.73. The average Bonchev–Trinajstić information content (AvgIpc) is 0.811. The maximum atomic E-state index is 8.92. The number of hydrogen-bond donors (Lipinski definition) is 0. The molecule has 0 heterocycles. The van der Waals surface area contributed by atoms with Gasteiger partial charge in [0.1, 0.15) is 0 Å². The summed E-state index contributed by atoms with van der Waals surface area (Å²) in [6.45, 7) is 0. The highest BCUT2D eigenvalue weighted by Gasteiger charge is 1.45. The molecule has 0 saturated carbocycles. The summed E-state index contributed by atoms with van der Waals surface area (Å²) >= 11 is 2.19. The molecule has 4 heteroatoms. The lowest BCUT2D eigenvalue weighted by Crippen LogP contribution is -1.60. The summed E-state index contributed by atoms with van der Waals surface area (Å²) in [5.74, 6) is 0. The van der Waals surface area contributed by atoms with Crippen LogP contribution in [0.3, 0.4) is 0 Å². The topological polar surface area (TPSA) is 40.1 Å². The molecule has 0 amide bonds. The first-order valence-corrected chi connectivity index (χ1v) is 3.41. The molecule has 0 aromatic carbocycles. The van der Waals surface area contributed by atoms with E-state index in [1.54, 1.807) is 0 Å². The van der Waals surface area contributed by atoms with E-state index in [0.29, 0.717) is 0 Å². The third-order valence-electron chi connectivity index (χ3n) is 0. The number of halogens is 1. The van der Waals surface area contributed by atoms with E-state index < -0.39 is 9.51 Å². The second kappa shape index (κ2) is 1.87. The smallest absolute Gasteiger partial charge is 0.0168 e.